The van der Waals surface area contributed by atoms with Crippen molar-refractivity contribution in [2.75, 3.05) is 26.3 Å². The van der Waals surface area contributed by atoms with E-state index in [1.54, 1.807) is 0 Å². The van der Waals surface area contributed by atoms with Gasteiger partial charge in [-0.05, 0) is 32.8 Å². The number of aryl methyl sites for hydroxylation is 2. The lowest BCUT2D eigenvalue weighted by molar-refractivity contribution is 0.0340. The van der Waals surface area contributed by atoms with Gasteiger partial charge in [-0.15, -0.1) is 0 Å². The van der Waals surface area contributed by atoms with Crippen LogP contribution in [0.4, 0.5) is 0 Å². The molecule has 2 bridgehead atoms. The van der Waals surface area contributed by atoms with Gasteiger partial charge in [-0.2, -0.15) is 5.10 Å². The number of fused-ring (bicyclic) bond motifs is 6. The lowest BCUT2D eigenvalue weighted by Crippen LogP contribution is -2.42. The van der Waals surface area contributed by atoms with Crippen LogP contribution < -0.4 is 0 Å². The zero-order valence-corrected chi connectivity index (χ0v) is 18.0. The molecule has 0 radical (unpaired) electrons. The summed E-state index contributed by atoms with van der Waals surface area (Å²) in [6, 6.07) is 4.16. The van der Waals surface area contributed by atoms with Crippen LogP contribution in [0.1, 0.15) is 57.7 Å². The van der Waals surface area contributed by atoms with Gasteiger partial charge in [-0.1, -0.05) is 0 Å². The molecule has 2 fully saturated rings. The van der Waals surface area contributed by atoms with Crippen molar-refractivity contribution in [1.82, 2.24) is 24.4 Å². The van der Waals surface area contributed by atoms with Gasteiger partial charge in [0, 0.05) is 55.5 Å². The fourth-order valence-corrected chi connectivity index (χ4v) is 5.42. The van der Waals surface area contributed by atoms with E-state index in [1.807, 2.05) is 41.6 Å². The van der Waals surface area contributed by atoms with Crippen LogP contribution in [0.2, 0.25) is 0 Å². The third-order valence-corrected chi connectivity index (χ3v) is 6.99. The number of ether oxygens (including phenoxy) is 1. The Labute approximate surface area is 180 Å². The van der Waals surface area contributed by atoms with Gasteiger partial charge in [0.05, 0.1) is 30.6 Å². The maximum absolute atomic E-state index is 13.6. The highest BCUT2D eigenvalue weighted by molar-refractivity contribution is 5.93. The molecule has 8 nitrogen and oxygen atoms in total. The van der Waals surface area contributed by atoms with Crippen LogP contribution in [0.3, 0.4) is 0 Å². The highest BCUT2D eigenvalue weighted by Crippen LogP contribution is 2.44. The second-order valence-electron chi connectivity index (χ2n) is 8.96. The summed E-state index contributed by atoms with van der Waals surface area (Å²) < 4.78 is 13.4. The molecule has 0 saturated carbocycles. The molecule has 6 heterocycles. The first kappa shape index (κ1) is 19.0. The monoisotopic (exact) mass is 421 g/mol. The molecule has 0 spiro atoms. The molecule has 0 aliphatic carbocycles. The van der Waals surface area contributed by atoms with Gasteiger partial charge in [0.1, 0.15) is 5.76 Å². The zero-order valence-electron chi connectivity index (χ0n) is 18.0. The standard InChI is InChI=1S/C23H27N5O3/c1-14-9-22-24-12-18-19-4-3-17(11-20(18)28(22)25-14)27(19)23(29)21-10-16(15(2)31-21)13-26-5-7-30-8-6-26/h9-10,12,17,19H,3-8,11,13H2,1-2H3. The number of hydrogen-bond donors (Lipinski definition) is 0. The van der Waals surface area contributed by atoms with E-state index in [1.165, 1.54) is 5.69 Å². The van der Waals surface area contributed by atoms with Crippen LogP contribution >= 0.6 is 0 Å². The minimum atomic E-state index is -0.00813. The highest BCUT2D eigenvalue weighted by atomic mass is 16.5. The predicted octanol–water partition coefficient (Wildman–Crippen LogP) is 2.67. The first-order valence-corrected chi connectivity index (χ1v) is 11.1. The van der Waals surface area contributed by atoms with E-state index in [9.17, 15) is 4.79 Å². The minimum absolute atomic E-state index is 0.00813. The summed E-state index contributed by atoms with van der Waals surface area (Å²) in [6.07, 6.45) is 4.69. The van der Waals surface area contributed by atoms with Crippen molar-refractivity contribution in [3.63, 3.8) is 0 Å². The van der Waals surface area contributed by atoms with E-state index in [2.05, 4.69) is 15.0 Å². The molecule has 2 atom stereocenters. The summed E-state index contributed by atoms with van der Waals surface area (Å²) >= 11 is 0. The van der Waals surface area contributed by atoms with Gasteiger partial charge in [0.2, 0.25) is 0 Å². The third kappa shape index (κ3) is 3.08. The number of aromatic nitrogens is 3. The quantitative estimate of drug-likeness (QED) is 0.647. The summed E-state index contributed by atoms with van der Waals surface area (Å²) in [5.41, 5.74) is 5.24. The average molecular weight is 422 g/mol. The Kier molecular flexibility index (Phi) is 4.40. The predicted molar refractivity (Wildman–Crippen MR) is 113 cm³/mol. The number of morpholine rings is 1. The molecule has 2 saturated heterocycles. The zero-order chi connectivity index (χ0) is 21.1. The van der Waals surface area contributed by atoms with E-state index in [0.29, 0.717) is 5.76 Å². The molecule has 0 N–H and O–H groups in total. The Hall–Kier alpha value is -2.71. The molecule has 3 aromatic heterocycles. The van der Waals surface area contributed by atoms with Gasteiger partial charge in [-0.3, -0.25) is 9.69 Å². The van der Waals surface area contributed by atoms with Crippen molar-refractivity contribution >= 4 is 11.6 Å². The smallest absolute Gasteiger partial charge is 0.290 e. The molecule has 3 aliphatic heterocycles. The fraction of sp³-hybridized carbons (Fsp3) is 0.522. The number of nitrogens with zero attached hydrogens (tertiary/aromatic N) is 5. The van der Waals surface area contributed by atoms with Crippen LogP contribution in [0.15, 0.2) is 22.7 Å². The van der Waals surface area contributed by atoms with Crippen LogP contribution in [-0.4, -0.2) is 62.7 Å². The first-order valence-electron chi connectivity index (χ1n) is 11.1. The third-order valence-electron chi connectivity index (χ3n) is 6.99. The molecule has 3 aliphatic rings. The first-order chi connectivity index (χ1) is 15.1. The van der Waals surface area contributed by atoms with E-state index in [-0.39, 0.29) is 18.0 Å². The van der Waals surface area contributed by atoms with Crippen LogP contribution in [0, 0.1) is 13.8 Å². The maximum atomic E-state index is 13.6. The SMILES string of the molecule is Cc1cc2ncc3c(n2n1)CC1CCC3N1C(=O)c1cc(CN2CCOCC2)c(C)o1. The number of rotatable bonds is 3. The van der Waals surface area contributed by atoms with Crippen LogP contribution in [0.5, 0.6) is 0 Å². The number of carbonyl (C=O) groups is 1. The maximum Gasteiger partial charge on any atom is 0.290 e. The van der Waals surface area contributed by atoms with Crippen LogP contribution in [0.25, 0.3) is 5.65 Å². The molecule has 1 amide bonds. The molecule has 6 rings (SSSR count). The van der Waals surface area contributed by atoms with Gasteiger partial charge >= 0.3 is 0 Å². The summed E-state index contributed by atoms with van der Waals surface area (Å²) in [7, 11) is 0. The Morgan fingerprint density at radius 3 is 2.87 bits per heavy atom. The fourth-order valence-electron chi connectivity index (χ4n) is 5.42. The van der Waals surface area contributed by atoms with Crippen molar-refractivity contribution in [3.05, 3.63) is 52.4 Å². The summed E-state index contributed by atoms with van der Waals surface area (Å²) in [4.78, 5) is 22.5. The second kappa shape index (κ2) is 7.17. The van der Waals surface area contributed by atoms with Crippen molar-refractivity contribution in [1.29, 1.82) is 0 Å². The average Bonchev–Trinajstić information content (AvgIpc) is 3.43. The van der Waals surface area contributed by atoms with Crippen molar-refractivity contribution in [2.45, 2.75) is 51.7 Å². The Morgan fingerprint density at radius 2 is 2.03 bits per heavy atom. The Bertz CT molecular complexity index is 1160. The molecule has 0 aromatic carbocycles. The summed E-state index contributed by atoms with van der Waals surface area (Å²) in [5, 5.41) is 4.64. The number of furan rings is 1. The van der Waals surface area contributed by atoms with Gasteiger partial charge in [0.15, 0.2) is 11.4 Å². The molecule has 162 valence electrons. The van der Waals surface area contributed by atoms with Crippen LogP contribution in [-0.2, 0) is 17.7 Å². The topological polar surface area (TPSA) is 76.1 Å². The lowest BCUT2D eigenvalue weighted by atomic mass is 9.98. The van der Waals surface area contributed by atoms with Crippen molar-refractivity contribution in [2.24, 2.45) is 0 Å². The number of hydrogen-bond acceptors (Lipinski definition) is 6. The summed E-state index contributed by atoms with van der Waals surface area (Å²) in [6.45, 7) is 8.08. The molecule has 2 unspecified atom stereocenters. The van der Waals surface area contributed by atoms with Crippen molar-refractivity contribution < 1.29 is 13.9 Å². The van der Waals surface area contributed by atoms with Gasteiger partial charge in [0.25, 0.3) is 5.91 Å². The molecule has 31 heavy (non-hydrogen) atoms. The van der Waals surface area contributed by atoms with E-state index in [0.717, 1.165) is 80.3 Å². The number of carbonyl (C=O) groups excluding carboxylic acids is 1. The number of amides is 1. The lowest BCUT2D eigenvalue weighted by Gasteiger charge is -2.35. The summed E-state index contributed by atoms with van der Waals surface area (Å²) in [5.74, 6) is 1.27. The van der Waals surface area contributed by atoms with Crippen molar-refractivity contribution in [3.8, 4) is 0 Å². The molecular weight excluding hydrogens is 394 g/mol. The second-order valence-corrected chi connectivity index (χ2v) is 8.96. The van der Waals surface area contributed by atoms with E-state index >= 15 is 0 Å². The van der Waals surface area contributed by atoms with E-state index < -0.39 is 0 Å². The highest BCUT2D eigenvalue weighted by Gasteiger charge is 2.45. The van der Waals surface area contributed by atoms with E-state index in [4.69, 9.17) is 9.15 Å². The Balaban J connectivity index is 1.29. The normalized spacial score (nSPS) is 23.5. The van der Waals surface area contributed by atoms with Gasteiger partial charge in [-0.25, -0.2) is 9.50 Å². The molecule has 3 aromatic rings. The largest absolute Gasteiger partial charge is 0.456 e. The Morgan fingerprint density at radius 1 is 1.19 bits per heavy atom. The van der Waals surface area contributed by atoms with Gasteiger partial charge < -0.3 is 14.1 Å². The molecular formula is C23H27N5O3. The minimum Gasteiger partial charge on any atom is -0.456 e. The molecule has 8 heteroatoms.